The van der Waals surface area contributed by atoms with Crippen LogP contribution in [0.2, 0.25) is 5.02 Å². The minimum atomic E-state index is -5.23. The second kappa shape index (κ2) is 11.7. The Labute approximate surface area is 232 Å². The van der Waals surface area contributed by atoms with Crippen molar-refractivity contribution < 1.29 is 32.2 Å². The number of nitrogens with zero attached hydrogens (tertiary/aromatic N) is 3. The molecule has 1 aromatic heterocycles. The van der Waals surface area contributed by atoms with Crippen molar-refractivity contribution in [1.29, 1.82) is 0 Å². The van der Waals surface area contributed by atoms with Crippen LogP contribution in [0.4, 0.5) is 13.2 Å². The molecule has 0 fully saturated rings. The van der Waals surface area contributed by atoms with Gasteiger partial charge in [-0.25, -0.2) is 9.59 Å². The van der Waals surface area contributed by atoms with Gasteiger partial charge in [0.15, 0.2) is 0 Å². The predicted molar refractivity (Wildman–Crippen MR) is 141 cm³/mol. The summed E-state index contributed by atoms with van der Waals surface area (Å²) in [4.78, 5) is 24.5. The third-order valence-electron chi connectivity index (χ3n) is 5.95. The van der Waals surface area contributed by atoms with Crippen LogP contribution in [0, 0.1) is 0 Å². The van der Waals surface area contributed by atoms with Crippen LogP contribution in [0.25, 0.3) is 21.1 Å². The molecule has 0 amide bonds. The highest BCUT2D eigenvalue weighted by molar-refractivity contribution is 7.17. The van der Waals surface area contributed by atoms with E-state index in [0.717, 1.165) is 27.3 Å². The zero-order chi connectivity index (χ0) is 28.3. The Morgan fingerprint density at radius 1 is 1.15 bits per heavy atom. The zero-order valence-corrected chi connectivity index (χ0v) is 22.9. The molecular weight excluding hydrogens is 555 g/mol. The first-order valence-electron chi connectivity index (χ1n) is 12.2. The van der Waals surface area contributed by atoms with Crippen LogP contribution in [0.15, 0.2) is 48.7 Å². The molecule has 12 heteroatoms. The van der Waals surface area contributed by atoms with E-state index in [1.807, 2.05) is 51.1 Å². The maximum absolute atomic E-state index is 12.4. The topological polar surface area (TPSA) is 81.6 Å². The first kappa shape index (κ1) is 28.6. The average molecular weight is 580 g/mol. The molecule has 2 aromatic carbocycles. The van der Waals surface area contributed by atoms with Crippen molar-refractivity contribution in [2.24, 2.45) is 0 Å². The van der Waals surface area contributed by atoms with Crippen molar-refractivity contribution in [3.05, 3.63) is 64.8 Å². The summed E-state index contributed by atoms with van der Waals surface area (Å²) in [7, 11) is 0. The monoisotopic (exact) mass is 579 g/mol. The Morgan fingerprint density at radius 3 is 2.51 bits per heavy atom. The largest absolute Gasteiger partial charge is 0.491 e. The number of carbonyl (C=O) groups excluding carboxylic acids is 2. The maximum atomic E-state index is 12.4. The zero-order valence-electron chi connectivity index (χ0n) is 21.3. The lowest BCUT2D eigenvalue weighted by Crippen LogP contribution is -2.46. The Morgan fingerprint density at radius 2 is 1.90 bits per heavy atom. The summed E-state index contributed by atoms with van der Waals surface area (Å²) < 4.78 is 46.9. The fourth-order valence-corrected chi connectivity index (χ4v) is 5.22. The Balaban J connectivity index is 1.47. The quantitative estimate of drug-likeness (QED) is 0.219. The van der Waals surface area contributed by atoms with Crippen molar-refractivity contribution in [2.45, 2.75) is 51.9 Å². The number of esters is 2. The molecule has 1 aliphatic rings. The Hall–Kier alpha value is -3.44. The van der Waals surface area contributed by atoms with Gasteiger partial charge >= 0.3 is 18.1 Å². The average Bonchev–Trinajstić information content (AvgIpc) is 3.33. The summed E-state index contributed by atoms with van der Waals surface area (Å²) in [5.41, 5.74) is 3.80. The molecule has 39 heavy (non-hydrogen) atoms. The summed E-state index contributed by atoms with van der Waals surface area (Å²) in [6, 6.07) is 10.3. The summed E-state index contributed by atoms with van der Waals surface area (Å²) >= 11 is 7.82. The van der Waals surface area contributed by atoms with Gasteiger partial charge in [0, 0.05) is 17.7 Å². The van der Waals surface area contributed by atoms with Crippen LogP contribution in [-0.4, -0.2) is 51.9 Å². The predicted octanol–water partition coefficient (Wildman–Crippen LogP) is 6.25. The molecule has 0 bridgehead atoms. The van der Waals surface area contributed by atoms with Crippen molar-refractivity contribution in [3.8, 4) is 26.9 Å². The number of hydrogen-bond donors (Lipinski definition) is 0. The van der Waals surface area contributed by atoms with Gasteiger partial charge in [-0.15, -0.1) is 10.2 Å². The molecule has 0 spiro atoms. The van der Waals surface area contributed by atoms with Gasteiger partial charge in [-0.3, -0.25) is 0 Å². The number of aromatic nitrogens is 2. The Bertz CT molecular complexity index is 1410. The van der Waals surface area contributed by atoms with Crippen LogP contribution in [0.3, 0.4) is 0 Å². The summed E-state index contributed by atoms with van der Waals surface area (Å²) in [6.45, 7) is 6.21. The smallest absolute Gasteiger partial charge is 0.489 e. The number of halogens is 4. The summed E-state index contributed by atoms with van der Waals surface area (Å²) in [6.07, 6.45) is -1.05. The molecule has 1 aliphatic heterocycles. The molecule has 2 heterocycles. The molecule has 0 saturated heterocycles. The molecule has 206 valence electrons. The molecule has 0 saturated carbocycles. The maximum Gasteiger partial charge on any atom is 0.491 e. The molecule has 0 N–H and O–H groups in total. The first-order valence-corrected chi connectivity index (χ1v) is 13.4. The molecule has 1 unspecified atom stereocenters. The van der Waals surface area contributed by atoms with E-state index < -0.39 is 24.2 Å². The van der Waals surface area contributed by atoms with E-state index in [2.05, 4.69) is 14.9 Å². The number of hydrogen-bond acceptors (Lipinski definition) is 8. The summed E-state index contributed by atoms with van der Waals surface area (Å²) in [5.74, 6) is -3.18. The van der Waals surface area contributed by atoms with Gasteiger partial charge < -0.3 is 14.4 Å². The van der Waals surface area contributed by atoms with E-state index in [1.165, 1.54) is 22.3 Å². The van der Waals surface area contributed by atoms with E-state index >= 15 is 0 Å². The minimum absolute atomic E-state index is 0.00312. The molecule has 3 aromatic rings. The van der Waals surface area contributed by atoms with E-state index in [9.17, 15) is 22.8 Å². The molecule has 4 rings (SSSR count). The number of ether oxygens (including phenoxy) is 2. The van der Waals surface area contributed by atoms with Gasteiger partial charge in [-0.1, -0.05) is 48.1 Å². The lowest BCUT2D eigenvalue weighted by Gasteiger charge is -2.33. The fourth-order valence-electron chi connectivity index (χ4n) is 4.10. The number of rotatable bonds is 9. The van der Waals surface area contributed by atoms with Gasteiger partial charge in [-0.2, -0.15) is 13.2 Å². The second-order valence-electron chi connectivity index (χ2n) is 9.00. The highest BCUT2D eigenvalue weighted by Crippen LogP contribution is 2.36. The highest BCUT2D eigenvalue weighted by Gasteiger charge is 2.44. The SMILES string of the molecule is CCc1c(CCN2C=CC2C(=O)OC(=O)C(F)(F)F)cccc1-c1nnc(-c2ccc(OC(C)C)c(Cl)c2)s1. The molecular formula is C27H25ClF3N3O4S. The second-order valence-corrected chi connectivity index (χ2v) is 10.4. The van der Waals surface area contributed by atoms with Gasteiger partial charge in [0.25, 0.3) is 0 Å². The summed E-state index contributed by atoms with van der Waals surface area (Å²) in [5, 5.41) is 10.7. The van der Waals surface area contributed by atoms with Crippen molar-refractivity contribution in [1.82, 2.24) is 15.1 Å². The lowest BCUT2D eigenvalue weighted by atomic mass is 9.96. The fraction of sp³-hybridized carbons (Fsp3) is 0.333. The van der Waals surface area contributed by atoms with Crippen LogP contribution in [-0.2, 0) is 27.2 Å². The van der Waals surface area contributed by atoms with Gasteiger partial charge in [0.2, 0.25) is 0 Å². The number of carbonyl (C=O) groups is 2. The minimum Gasteiger partial charge on any atom is -0.489 e. The Kier molecular flexibility index (Phi) is 8.60. The van der Waals surface area contributed by atoms with Crippen LogP contribution in [0.1, 0.15) is 31.9 Å². The highest BCUT2D eigenvalue weighted by atomic mass is 35.5. The first-order chi connectivity index (χ1) is 18.5. The lowest BCUT2D eigenvalue weighted by molar-refractivity contribution is -0.203. The van der Waals surface area contributed by atoms with Crippen LogP contribution >= 0.6 is 22.9 Å². The van der Waals surface area contributed by atoms with Crippen molar-refractivity contribution in [3.63, 3.8) is 0 Å². The molecule has 0 aliphatic carbocycles. The van der Waals surface area contributed by atoms with Crippen molar-refractivity contribution in [2.75, 3.05) is 6.54 Å². The van der Waals surface area contributed by atoms with Gasteiger partial charge in [0.1, 0.15) is 21.8 Å². The van der Waals surface area contributed by atoms with Gasteiger partial charge in [0.05, 0.1) is 11.1 Å². The van der Waals surface area contributed by atoms with E-state index in [4.69, 9.17) is 16.3 Å². The van der Waals surface area contributed by atoms with Crippen molar-refractivity contribution >= 4 is 34.9 Å². The number of benzene rings is 2. The molecule has 0 radical (unpaired) electrons. The molecule has 7 nitrogen and oxygen atoms in total. The third-order valence-corrected chi connectivity index (χ3v) is 7.25. The molecule has 1 atom stereocenters. The van der Waals surface area contributed by atoms with E-state index in [0.29, 0.717) is 35.2 Å². The normalized spacial score (nSPS) is 14.9. The van der Waals surface area contributed by atoms with E-state index in [1.54, 1.807) is 12.3 Å². The van der Waals surface area contributed by atoms with E-state index in [-0.39, 0.29) is 6.10 Å². The van der Waals surface area contributed by atoms with Crippen LogP contribution < -0.4 is 4.74 Å². The van der Waals surface area contributed by atoms with Gasteiger partial charge in [-0.05, 0) is 68.3 Å². The third kappa shape index (κ3) is 6.59. The number of alkyl halides is 3. The van der Waals surface area contributed by atoms with Crippen LogP contribution in [0.5, 0.6) is 5.75 Å². The standard InChI is InChI=1S/C27H25ClF3N3O4S/c1-4-18-16(10-12-34-13-11-21(34)25(35)38-26(36)27(29,30)31)6-5-7-19(18)24-33-32-23(39-24)17-8-9-22(20(28)14-17)37-15(2)3/h5-9,11,13-15,21H,4,10,12H2,1-3H3.